The van der Waals surface area contributed by atoms with Crippen LogP contribution in [-0.2, 0) is 29.3 Å². The molecule has 0 amide bonds. The van der Waals surface area contributed by atoms with Crippen molar-refractivity contribution >= 4 is 9.84 Å². The Morgan fingerprint density at radius 1 is 1.24 bits per heavy atom. The van der Waals surface area contributed by atoms with Crippen molar-refractivity contribution in [2.45, 2.75) is 24.7 Å². The summed E-state index contributed by atoms with van der Waals surface area (Å²) >= 11 is 0. The molecule has 0 radical (unpaired) electrons. The zero-order chi connectivity index (χ0) is 14.9. The lowest BCUT2D eigenvalue weighted by atomic mass is 10.1. The van der Waals surface area contributed by atoms with Crippen molar-refractivity contribution in [3.63, 3.8) is 0 Å². The molecule has 2 aromatic rings. The number of sulfone groups is 1. The van der Waals surface area contributed by atoms with Gasteiger partial charge in [-0.15, -0.1) is 0 Å². The lowest BCUT2D eigenvalue weighted by Gasteiger charge is -2.27. The van der Waals surface area contributed by atoms with Gasteiger partial charge in [-0.3, -0.25) is 4.90 Å². The highest BCUT2D eigenvalue weighted by Gasteiger charge is 2.21. The van der Waals surface area contributed by atoms with Gasteiger partial charge in [-0.05, 0) is 0 Å². The summed E-state index contributed by atoms with van der Waals surface area (Å²) in [4.78, 5) is 18.4. The smallest absolute Gasteiger partial charge is 0.246 e. The first-order valence-corrected chi connectivity index (χ1v) is 8.42. The van der Waals surface area contributed by atoms with Crippen LogP contribution < -0.4 is 0 Å². The van der Waals surface area contributed by atoms with Crippen LogP contribution in [0.3, 0.4) is 0 Å². The highest BCUT2D eigenvalue weighted by Crippen LogP contribution is 2.19. The van der Waals surface area contributed by atoms with Crippen LogP contribution >= 0.6 is 0 Å². The van der Waals surface area contributed by atoms with Crippen LogP contribution in [0.15, 0.2) is 30.1 Å². The van der Waals surface area contributed by atoms with Gasteiger partial charge in [0.2, 0.25) is 15.0 Å². The molecule has 1 aliphatic rings. The van der Waals surface area contributed by atoms with Gasteiger partial charge in [0.1, 0.15) is 6.33 Å². The number of hydrogen-bond acceptors (Lipinski definition) is 7. The van der Waals surface area contributed by atoms with E-state index in [1.54, 1.807) is 18.6 Å². The first-order chi connectivity index (χ1) is 10.0. The summed E-state index contributed by atoms with van der Waals surface area (Å²) in [5.41, 5.74) is 2.85. The van der Waals surface area contributed by atoms with Crippen LogP contribution in [0.4, 0.5) is 0 Å². The summed E-state index contributed by atoms with van der Waals surface area (Å²) in [6, 6.07) is 0. The van der Waals surface area contributed by atoms with E-state index >= 15 is 0 Å². The second kappa shape index (κ2) is 5.45. The van der Waals surface area contributed by atoms with Crippen LogP contribution in [-0.4, -0.2) is 46.1 Å². The Morgan fingerprint density at radius 2 is 2.00 bits per heavy atom. The number of nitrogens with zero attached hydrogens (tertiary/aromatic N) is 5. The van der Waals surface area contributed by atoms with E-state index in [4.69, 9.17) is 0 Å². The highest BCUT2D eigenvalue weighted by atomic mass is 32.2. The first-order valence-electron chi connectivity index (χ1n) is 6.53. The summed E-state index contributed by atoms with van der Waals surface area (Å²) < 4.78 is 22.9. The monoisotopic (exact) mass is 305 g/mol. The molecule has 110 valence electrons. The van der Waals surface area contributed by atoms with Crippen molar-refractivity contribution in [3.8, 4) is 0 Å². The predicted molar refractivity (Wildman–Crippen MR) is 75.0 cm³/mol. The van der Waals surface area contributed by atoms with E-state index < -0.39 is 9.84 Å². The molecular weight excluding hydrogens is 290 g/mol. The zero-order valence-electron chi connectivity index (χ0n) is 11.6. The Hall–Kier alpha value is -1.93. The molecule has 2 aromatic heterocycles. The quantitative estimate of drug-likeness (QED) is 0.750. The molecule has 0 aromatic carbocycles. The summed E-state index contributed by atoms with van der Waals surface area (Å²) in [6.07, 6.45) is 8.56. The molecular formula is C13H15N5O2S. The zero-order valence-corrected chi connectivity index (χ0v) is 12.4. The van der Waals surface area contributed by atoms with E-state index in [1.165, 1.54) is 6.33 Å². The molecule has 0 spiro atoms. The third-order valence-electron chi connectivity index (χ3n) is 3.34. The number of hydrogen-bond donors (Lipinski definition) is 0. The maximum atomic E-state index is 11.5. The molecule has 3 heterocycles. The second-order valence-electron chi connectivity index (χ2n) is 5.10. The van der Waals surface area contributed by atoms with Crippen molar-refractivity contribution < 1.29 is 8.42 Å². The van der Waals surface area contributed by atoms with Gasteiger partial charge in [-0.1, -0.05) is 0 Å². The number of fused-ring (bicyclic) bond motifs is 1. The Morgan fingerprint density at radius 3 is 2.71 bits per heavy atom. The van der Waals surface area contributed by atoms with E-state index in [2.05, 4.69) is 24.8 Å². The van der Waals surface area contributed by atoms with Crippen LogP contribution in [0.1, 0.15) is 16.8 Å². The van der Waals surface area contributed by atoms with Crippen LogP contribution in [0.2, 0.25) is 0 Å². The standard InChI is InChI=1S/C13H15N5O2S/c1-21(19,20)13-16-6-11-8-18(3-2-12(11)17-13)7-10-4-14-9-15-5-10/h4-6,9H,2-3,7-8H2,1H3. The summed E-state index contributed by atoms with van der Waals surface area (Å²) in [7, 11) is -3.35. The summed E-state index contributed by atoms with van der Waals surface area (Å²) in [5, 5.41) is -0.0915. The van der Waals surface area contributed by atoms with Gasteiger partial charge in [-0.25, -0.2) is 28.4 Å². The molecule has 0 unspecified atom stereocenters. The van der Waals surface area contributed by atoms with Gasteiger partial charge >= 0.3 is 0 Å². The second-order valence-corrected chi connectivity index (χ2v) is 7.01. The molecule has 8 heteroatoms. The average molecular weight is 305 g/mol. The molecule has 0 atom stereocenters. The van der Waals surface area contributed by atoms with Crippen LogP contribution in [0.25, 0.3) is 0 Å². The van der Waals surface area contributed by atoms with Crippen molar-refractivity contribution in [2.75, 3.05) is 12.8 Å². The SMILES string of the molecule is CS(=O)(=O)c1ncc2c(n1)CCN(Cc1cncnc1)C2. The van der Waals surface area contributed by atoms with Gasteiger partial charge in [0.25, 0.3) is 0 Å². The molecule has 0 fully saturated rings. The maximum Gasteiger partial charge on any atom is 0.246 e. The van der Waals surface area contributed by atoms with Crippen molar-refractivity contribution in [2.24, 2.45) is 0 Å². The van der Waals surface area contributed by atoms with E-state index in [9.17, 15) is 8.42 Å². The Balaban J connectivity index is 1.77. The molecule has 0 saturated carbocycles. The first kappa shape index (κ1) is 14.0. The Kier molecular flexibility index (Phi) is 3.64. The average Bonchev–Trinajstić information content (AvgIpc) is 2.47. The lowest BCUT2D eigenvalue weighted by molar-refractivity contribution is 0.241. The molecule has 0 N–H and O–H groups in total. The number of rotatable bonds is 3. The van der Waals surface area contributed by atoms with Crippen molar-refractivity contribution in [1.29, 1.82) is 0 Å². The molecule has 21 heavy (non-hydrogen) atoms. The molecule has 0 bridgehead atoms. The van der Waals surface area contributed by atoms with Gasteiger partial charge in [0, 0.05) is 62.0 Å². The van der Waals surface area contributed by atoms with Crippen molar-refractivity contribution in [3.05, 3.63) is 41.7 Å². The maximum absolute atomic E-state index is 11.5. The fourth-order valence-corrected chi connectivity index (χ4v) is 2.86. The normalized spacial score (nSPS) is 15.7. The van der Waals surface area contributed by atoms with Crippen molar-refractivity contribution in [1.82, 2.24) is 24.8 Å². The molecule has 1 aliphatic heterocycles. The molecule has 7 nitrogen and oxygen atoms in total. The fraction of sp³-hybridized carbons (Fsp3) is 0.385. The predicted octanol–water partition coefficient (Wildman–Crippen LogP) is 0.228. The Labute approximate surface area is 123 Å². The van der Waals surface area contributed by atoms with E-state index in [-0.39, 0.29) is 5.16 Å². The minimum absolute atomic E-state index is 0.0915. The largest absolute Gasteiger partial charge is 0.294 e. The summed E-state index contributed by atoms with van der Waals surface area (Å²) in [5.74, 6) is 0. The van der Waals surface area contributed by atoms with E-state index in [0.29, 0.717) is 13.0 Å². The molecule has 0 aliphatic carbocycles. The van der Waals surface area contributed by atoms with Crippen LogP contribution in [0, 0.1) is 0 Å². The fourth-order valence-electron chi connectivity index (χ4n) is 2.34. The molecule has 3 rings (SSSR count). The Bertz CT molecular complexity index is 748. The van der Waals surface area contributed by atoms with Gasteiger partial charge < -0.3 is 0 Å². The van der Waals surface area contributed by atoms with Crippen LogP contribution in [0.5, 0.6) is 0 Å². The third-order valence-corrected chi connectivity index (χ3v) is 4.20. The van der Waals surface area contributed by atoms with Gasteiger partial charge in [-0.2, -0.15) is 0 Å². The van der Waals surface area contributed by atoms with E-state index in [0.717, 1.165) is 36.2 Å². The van der Waals surface area contributed by atoms with E-state index in [1.807, 2.05) is 0 Å². The lowest BCUT2D eigenvalue weighted by Crippen LogP contribution is -2.31. The number of aromatic nitrogens is 4. The third kappa shape index (κ3) is 3.22. The highest BCUT2D eigenvalue weighted by molar-refractivity contribution is 7.90. The van der Waals surface area contributed by atoms with Gasteiger partial charge in [0.05, 0.1) is 5.69 Å². The topological polar surface area (TPSA) is 88.9 Å². The minimum atomic E-state index is -3.35. The minimum Gasteiger partial charge on any atom is -0.294 e. The molecule has 0 saturated heterocycles. The van der Waals surface area contributed by atoms with Gasteiger partial charge in [0.15, 0.2) is 0 Å². The summed E-state index contributed by atoms with van der Waals surface area (Å²) in [6.45, 7) is 2.28.